The first-order valence-electron chi connectivity index (χ1n) is 5.44. The molecule has 0 saturated heterocycles. The van der Waals surface area contributed by atoms with E-state index in [1.807, 2.05) is 0 Å². The molecule has 0 unspecified atom stereocenters. The number of aromatic nitrogens is 2. The van der Waals surface area contributed by atoms with Gasteiger partial charge in [-0.3, -0.25) is 4.79 Å². The summed E-state index contributed by atoms with van der Waals surface area (Å²) >= 11 is 11.7. The van der Waals surface area contributed by atoms with Crippen molar-refractivity contribution >= 4 is 45.0 Å². The van der Waals surface area contributed by atoms with Crippen LogP contribution in [0.4, 0.5) is 0 Å². The van der Waals surface area contributed by atoms with Crippen molar-refractivity contribution in [1.29, 1.82) is 0 Å². The molecule has 0 bridgehead atoms. The highest BCUT2D eigenvalue weighted by Gasteiger charge is 2.13. The van der Waals surface area contributed by atoms with Gasteiger partial charge in [-0.25, -0.2) is 0 Å². The molecule has 6 heteroatoms. The lowest BCUT2D eigenvalue weighted by molar-refractivity contribution is -0.532. The number of H-pyrrole nitrogens is 1. The van der Waals surface area contributed by atoms with Gasteiger partial charge >= 0.3 is 5.52 Å². The number of fused-ring (bicyclic) bond motifs is 2. The smallest absolute Gasteiger partial charge is 0.288 e. The van der Waals surface area contributed by atoms with E-state index >= 15 is 0 Å². The summed E-state index contributed by atoms with van der Waals surface area (Å²) in [6.07, 6.45) is 0. The minimum Gasteiger partial charge on any atom is -0.288 e. The minimum absolute atomic E-state index is 0.185. The molecule has 0 atom stereocenters. The van der Waals surface area contributed by atoms with Gasteiger partial charge in [0.15, 0.2) is 4.54 Å². The van der Waals surface area contributed by atoms with Crippen LogP contribution in [0.5, 0.6) is 0 Å². The largest absolute Gasteiger partial charge is 0.304 e. The number of hydrogen-bond donors (Lipinski definition) is 1. The molecule has 1 aromatic heterocycles. The van der Waals surface area contributed by atoms with E-state index in [1.165, 1.54) is 18.2 Å². The molecule has 1 heterocycles. The van der Waals surface area contributed by atoms with Crippen molar-refractivity contribution < 1.29 is 4.54 Å². The van der Waals surface area contributed by atoms with E-state index in [-0.39, 0.29) is 10.9 Å². The Bertz CT molecular complexity index is 935. The molecular formula is C13H7Cl2N2O2+. The zero-order valence-corrected chi connectivity index (χ0v) is 11.0. The predicted molar refractivity (Wildman–Crippen MR) is 75.5 cm³/mol. The lowest BCUT2D eigenvalue weighted by Crippen LogP contribution is -2.18. The summed E-state index contributed by atoms with van der Waals surface area (Å²) in [6.45, 7) is 0. The van der Waals surface area contributed by atoms with Gasteiger partial charge in [0.1, 0.15) is 10.9 Å². The third-order valence-corrected chi connectivity index (χ3v) is 3.34. The van der Waals surface area contributed by atoms with Crippen LogP contribution >= 0.6 is 23.2 Å². The van der Waals surface area contributed by atoms with E-state index in [9.17, 15) is 9.70 Å². The molecule has 0 saturated carbocycles. The summed E-state index contributed by atoms with van der Waals surface area (Å²) in [7, 11) is 0. The van der Waals surface area contributed by atoms with Crippen LogP contribution in [0, 0.1) is 4.91 Å². The first kappa shape index (κ1) is 12.1. The molecule has 0 aliphatic carbocycles. The van der Waals surface area contributed by atoms with E-state index in [1.54, 1.807) is 18.2 Å². The van der Waals surface area contributed by atoms with Crippen molar-refractivity contribution in [2.75, 3.05) is 0 Å². The molecular weight excluding hydrogens is 287 g/mol. The molecule has 0 fully saturated rings. The van der Waals surface area contributed by atoms with Crippen molar-refractivity contribution in [2.24, 2.45) is 0 Å². The summed E-state index contributed by atoms with van der Waals surface area (Å²) in [6, 6.07) is 9.29. The zero-order valence-electron chi connectivity index (χ0n) is 9.48. The molecule has 0 aliphatic rings. The minimum atomic E-state index is -0.246. The second-order valence-corrected chi connectivity index (χ2v) is 4.96. The van der Waals surface area contributed by atoms with Crippen LogP contribution in [0.15, 0.2) is 41.2 Å². The highest BCUT2D eigenvalue weighted by molar-refractivity contribution is 6.31. The molecule has 19 heavy (non-hydrogen) atoms. The molecule has 0 radical (unpaired) electrons. The number of nitrogens with zero attached hydrogens (tertiary/aromatic N) is 1. The first-order chi connectivity index (χ1) is 9.06. The Morgan fingerprint density at radius 1 is 0.947 bits per heavy atom. The van der Waals surface area contributed by atoms with Crippen molar-refractivity contribution in [3.05, 3.63) is 61.6 Å². The fourth-order valence-corrected chi connectivity index (χ4v) is 2.32. The maximum atomic E-state index is 12.4. The van der Waals surface area contributed by atoms with Crippen molar-refractivity contribution in [1.82, 2.24) is 5.10 Å². The fourth-order valence-electron chi connectivity index (χ4n) is 1.99. The number of benzene rings is 2. The molecule has 0 amide bonds. The van der Waals surface area contributed by atoms with Crippen molar-refractivity contribution in [3.63, 3.8) is 0 Å². The Morgan fingerprint density at radius 3 is 2.32 bits per heavy atom. The maximum absolute atomic E-state index is 12.4. The fraction of sp³-hybridized carbons (Fsp3) is 0. The maximum Gasteiger partial charge on any atom is 0.304 e. The highest BCUT2D eigenvalue weighted by atomic mass is 35.5. The second kappa shape index (κ2) is 4.33. The van der Waals surface area contributed by atoms with Crippen LogP contribution < -0.4 is 9.97 Å². The molecule has 94 valence electrons. The van der Waals surface area contributed by atoms with Gasteiger partial charge < -0.3 is 0 Å². The summed E-state index contributed by atoms with van der Waals surface area (Å²) in [4.78, 5) is 24.4. The van der Waals surface area contributed by atoms with Crippen LogP contribution in [-0.2, 0) is 0 Å². The molecule has 3 aromatic rings. The van der Waals surface area contributed by atoms with E-state index < -0.39 is 0 Å². The quantitative estimate of drug-likeness (QED) is 0.648. The Morgan fingerprint density at radius 2 is 1.58 bits per heavy atom. The monoisotopic (exact) mass is 293 g/mol. The van der Waals surface area contributed by atoms with Gasteiger partial charge in [-0.1, -0.05) is 23.2 Å². The Labute approximate surface area is 116 Å². The summed E-state index contributed by atoms with van der Waals surface area (Å²) in [5.74, 6) is 0. The van der Waals surface area contributed by atoms with Crippen LogP contribution in [-0.4, -0.2) is 5.10 Å². The number of hydrogen-bond acceptors (Lipinski definition) is 2. The number of nitrogens with one attached hydrogen (secondary N) is 1. The van der Waals surface area contributed by atoms with Crippen LogP contribution in [0.25, 0.3) is 21.8 Å². The number of aromatic amines is 1. The SMILES string of the molecule is O=c1c2ccc(Cl)cc2[nH][n+](=O)c2cc(Cl)ccc12. The first-order valence-corrected chi connectivity index (χ1v) is 6.19. The van der Waals surface area contributed by atoms with Crippen LogP contribution in [0.2, 0.25) is 10.0 Å². The molecule has 0 spiro atoms. The third kappa shape index (κ3) is 1.99. The molecule has 1 N–H and O–H groups in total. The molecule has 3 rings (SSSR count). The van der Waals surface area contributed by atoms with Crippen LogP contribution in [0.1, 0.15) is 0 Å². The molecule has 4 nitrogen and oxygen atoms in total. The van der Waals surface area contributed by atoms with Crippen LogP contribution in [0.3, 0.4) is 0 Å². The highest BCUT2D eigenvalue weighted by Crippen LogP contribution is 2.17. The average molecular weight is 294 g/mol. The van der Waals surface area contributed by atoms with Crippen molar-refractivity contribution in [2.45, 2.75) is 0 Å². The third-order valence-electron chi connectivity index (χ3n) is 2.87. The lowest BCUT2D eigenvalue weighted by atomic mass is 10.1. The van der Waals surface area contributed by atoms with E-state index in [4.69, 9.17) is 23.2 Å². The normalized spacial score (nSPS) is 11.1. The van der Waals surface area contributed by atoms with Gasteiger partial charge in [-0.05, 0) is 30.3 Å². The topological polar surface area (TPSA) is 55.8 Å². The van der Waals surface area contributed by atoms with E-state index in [0.717, 1.165) is 0 Å². The standard InChI is InChI=1S/C13H6Cl2N2O2/c14-7-1-3-9-11(5-7)16-17(19)12-6-8(15)2-4-10(12)13(9)18/h1-6H/p+1. The Balaban J connectivity index is 2.70. The van der Waals surface area contributed by atoms with Gasteiger partial charge in [-0.15, -0.1) is 5.10 Å². The van der Waals surface area contributed by atoms with Crippen molar-refractivity contribution in [3.8, 4) is 0 Å². The van der Waals surface area contributed by atoms with Gasteiger partial charge in [0.25, 0.3) is 0 Å². The Hall–Kier alpha value is -1.91. The zero-order chi connectivity index (χ0) is 13.6. The molecule has 0 aliphatic heterocycles. The lowest BCUT2D eigenvalue weighted by Gasteiger charge is -1.89. The average Bonchev–Trinajstić information content (AvgIpc) is 2.46. The van der Waals surface area contributed by atoms with Gasteiger partial charge in [0.2, 0.25) is 5.43 Å². The predicted octanol–water partition coefficient (Wildman–Crippen LogP) is 2.90. The van der Waals surface area contributed by atoms with E-state index in [0.29, 0.717) is 30.9 Å². The second-order valence-electron chi connectivity index (χ2n) is 4.09. The van der Waals surface area contributed by atoms with Gasteiger partial charge in [0.05, 0.1) is 10.3 Å². The summed E-state index contributed by atoms with van der Waals surface area (Å²) < 4.78 is 0.515. The summed E-state index contributed by atoms with van der Waals surface area (Å²) in [5.41, 5.74) is 0.314. The van der Waals surface area contributed by atoms with Gasteiger partial charge in [-0.2, -0.15) is 0 Å². The summed E-state index contributed by atoms with van der Waals surface area (Å²) in [5, 5.41) is 4.11. The number of halogens is 2. The van der Waals surface area contributed by atoms with Gasteiger partial charge in [0, 0.05) is 16.1 Å². The van der Waals surface area contributed by atoms with E-state index in [2.05, 4.69) is 5.10 Å². The number of rotatable bonds is 0. The molecule has 2 aromatic carbocycles. The Kier molecular flexibility index (Phi) is 2.77.